The van der Waals surface area contributed by atoms with E-state index in [1.165, 1.54) is 10.8 Å². The fourth-order valence-electron chi connectivity index (χ4n) is 1.30. The predicted octanol–water partition coefficient (Wildman–Crippen LogP) is 0.376. The summed E-state index contributed by atoms with van der Waals surface area (Å²) in [6.45, 7) is 0.993. The highest BCUT2D eigenvalue weighted by Gasteiger charge is 1.99. The van der Waals surface area contributed by atoms with Crippen molar-refractivity contribution in [1.82, 2.24) is 19.3 Å². The highest BCUT2D eigenvalue weighted by molar-refractivity contribution is 6.30. The molecule has 16 heavy (non-hydrogen) atoms. The zero-order chi connectivity index (χ0) is 11.5. The van der Waals surface area contributed by atoms with Crippen LogP contribution in [-0.4, -0.2) is 19.3 Å². The zero-order valence-electron chi connectivity index (χ0n) is 8.38. The summed E-state index contributed by atoms with van der Waals surface area (Å²) in [6.07, 6.45) is 4.62. The molecule has 0 atom stereocenters. The Hall–Kier alpha value is -1.82. The van der Waals surface area contributed by atoms with Crippen molar-refractivity contribution >= 4 is 17.4 Å². The van der Waals surface area contributed by atoms with Gasteiger partial charge >= 0.3 is 5.69 Å². The van der Waals surface area contributed by atoms with Gasteiger partial charge in [0.2, 0.25) is 0 Å². The molecule has 2 rings (SSSR count). The zero-order valence-corrected chi connectivity index (χ0v) is 9.13. The van der Waals surface area contributed by atoms with Crippen LogP contribution >= 0.6 is 11.6 Å². The lowest BCUT2D eigenvalue weighted by molar-refractivity contribution is 0.518. The van der Waals surface area contributed by atoms with E-state index >= 15 is 0 Å². The SMILES string of the molecule is Nc1ccn(CCn2cc(Cl)cnc2=O)n1. The number of nitrogen functional groups attached to an aromatic ring is 1. The molecule has 7 heteroatoms. The van der Waals surface area contributed by atoms with Crippen molar-refractivity contribution in [1.29, 1.82) is 0 Å². The number of rotatable bonds is 3. The minimum absolute atomic E-state index is 0.329. The van der Waals surface area contributed by atoms with Gasteiger partial charge in [-0.15, -0.1) is 0 Å². The van der Waals surface area contributed by atoms with Crippen molar-refractivity contribution in [2.45, 2.75) is 13.1 Å². The third-order valence-corrected chi connectivity index (χ3v) is 2.25. The minimum Gasteiger partial charge on any atom is -0.382 e. The molecule has 0 fully saturated rings. The summed E-state index contributed by atoms with van der Waals surface area (Å²) in [5.74, 6) is 0.455. The molecule has 0 aliphatic heterocycles. The van der Waals surface area contributed by atoms with Gasteiger partial charge < -0.3 is 5.73 Å². The summed E-state index contributed by atoms with van der Waals surface area (Å²) in [6, 6.07) is 1.69. The molecule has 0 aliphatic carbocycles. The maximum atomic E-state index is 11.3. The number of halogens is 1. The maximum absolute atomic E-state index is 11.3. The first-order chi connectivity index (χ1) is 7.65. The first kappa shape index (κ1) is 10.7. The van der Waals surface area contributed by atoms with E-state index in [1.54, 1.807) is 23.1 Å². The van der Waals surface area contributed by atoms with Gasteiger partial charge in [-0.2, -0.15) is 5.10 Å². The molecular weight excluding hydrogens is 230 g/mol. The molecular formula is C9H10ClN5O. The molecule has 2 heterocycles. The van der Waals surface area contributed by atoms with Gasteiger partial charge in [0, 0.05) is 18.9 Å². The van der Waals surface area contributed by atoms with E-state index in [-0.39, 0.29) is 5.69 Å². The molecule has 2 aromatic rings. The molecule has 0 bridgehead atoms. The van der Waals surface area contributed by atoms with E-state index in [1.807, 2.05) is 0 Å². The molecule has 0 saturated carbocycles. The Bertz CT molecular complexity index is 547. The third-order valence-electron chi connectivity index (χ3n) is 2.05. The van der Waals surface area contributed by atoms with E-state index in [9.17, 15) is 4.79 Å². The number of hydrogen-bond donors (Lipinski definition) is 1. The molecule has 0 amide bonds. The fraction of sp³-hybridized carbons (Fsp3) is 0.222. The highest BCUT2D eigenvalue weighted by atomic mass is 35.5. The average Bonchev–Trinajstić information content (AvgIpc) is 2.66. The largest absolute Gasteiger partial charge is 0.382 e. The molecule has 2 N–H and O–H groups in total. The number of aryl methyl sites for hydroxylation is 2. The summed E-state index contributed by atoms with van der Waals surface area (Å²) in [4.78, 5) is 15.0. The lowest BCUT2D eigenvalue weighted by Gasteiger charge is -2.04. The topological polar surface area (TPSA) is 78.7 Å². The van der Waals surface area contributed by atoms with Crippen molar-refractivity contribution in [3.8, 4) is 0 Å². The molecule has 0 spiro atoms. The Balaban J connectivity index is 2.10. The van der Waals surface area contributed by atoms with Crippen LogP contribution in [-0.2, 0) is 13.1 Å². The van der Waals surface area contributed by atoms with Crippen LogP contribution in [0.5, 0.6) is 0 Å². The van der Waals surface area contributed by atoms with Crippen molar-refractivity contribution in [3.63, 3.8) is 0 Å². The van der Waals surface area contributed by atoms with Crippen LogP contribution in [0.1, 0.15) is 0 Å². The highest BCUT2D eigenvalue weighted by Crippen LogP contribution is 2.02. The summed E-state index contributed by atoms with van der Waals surface area (Å²) in [5, 5.41) is 4.43. The Kier molecular flexibility index (Phi) is 2.91. The third kappa shape index (κ3) is 2.40. The van der Waals surface area contributed by atoms with Gasteiger partial charge in [-0.05, 0) is 6.07 Å². The molecule has 0 aliphatic rings. The van der Waals surface area contributed by atoms with E-state index in [4.69, 9.17) is 17.3 Å². The van der Waals surface area contributed by atoms with Gasteiger partial charge in [-0.3, -0.25) is 9.25 Å². The average molecular weight is 240 g/mol. The number of nitrogens with zero attached hydrogens (tertiary/aromatic N) is 4. The second-order valence-corrected chi connectivity index (χ2v) is 3.69. The molecule has 0 aromatic carbocycles. The summed E-state index contributed by atoms with van der Waals surface area (Å²) >= 11 is 5.74. The van der Waals surface area contributed by atoms with Crippen LogP contribution in [0.3, 0.4) is 0 Å². The van der Waals surface area contributed by atoms with Crippen molar-refractivity contribution in [2.24, 2.45) is 0 Å². The monoisotopic (exact) mass is 239 g/mol. The van der Waals surface area contributed by atoms with Crippen molar-refractivity contribution in [3.05, 3.63) is 40.2 Å². The van der Waals surface area contributed by atoms with E-state index < -0.39 is 0 Å². The van der Waals surface area contributed by atoms with Crippen molar-refractivity contribution in [2.75, 3.05) is 5.73 Å². The first-order valence-corrected chi connectivity index (χ1v) is 5.04. The summed E-state index contributed by atoms with van der Waals surface area (Å²) < 4.78 is 3.09. The standard InChI is InChI=1S/C9H10ClN5O/c10-7-5-12-9(16)14(6-7)3-4-15-2-1-8(11)13-15/h1-2,5-6H,3-4H2,(H2,11,13). The van der Waals surface area contributed by atoms with Crippen LogP contribution in [0, 0.1) is 0 Å². The van der Waals surface area contributed by atoms with Gasteiger partial charge in [0.15, 0.2) is 0 Å². The Morgan fingerprint density at radius 2 is 2.25 bits per heavy atom. The second kappa shape index (κ2) is 4.36. The van der Waals surface area contributed by atoms with E-state index in [0.717, 1.165) is 0 Å². The Labute approximate surface area is 96.3 Å². The minimum atomic E-state index is -0.329. The van der Waals surface area contributed by atoms with Gasteiger partial charge in [0.25, 0.3) is 0 Å². The quantitative estimate of drug-likeness (QED) is 0.840. The molecule has 2 aromatic heterocycles. The summed E-state index contributed by atoms with van der Waals surface area (Å²) in [7, 11) is 0. The normalized spacial score (nSPS) is 10.6. The summed E-state index contributed by atoms with van der Waals surface area (Å²) in [5.41, 5.74) is 5.14. The lowest BCUT2D eigenvalue weighted by atomic mass is 10.5. The van der Waals surface area contributed by atoms with Crippen LogP contribution < -0.4 is 11.4 Å². The molecule has 84 valence electrons. The van der Waals surface area contributed by atoms with Crippen molar-refractivity contribution < 1.29 is 0 Å². The smallest absolute Gasteiger partial charge is 0.347 e. The van der Waals surface area contributed by atoms with Crippen LogP contribution in [0.4, 0.5) is 5.82 Å². The number of hydrogen-bond acceptors (Lipinski definition) is 4. The first-order valence-electron chi connectivity index (χ1n) is 4.66. The number of anilines is 1. The van der Waals surface area contributed by atoms with Gasteiger partial charge in [-0.25, -0.2) is 9.78 Å². The molecule has 0 radical (unpaired) electrons. The van der Waals surface area contributed by atoms with E-state index in [2.05, 4.69) is 10.1 Å². The van der Waals surface area contributed by atoms with Crippen LogP contribution in [0.15, 0.2) is 29.5 Å². The van der Waals surface area contributed by atoms with Crippen LogP contribution in [0.2, 0.25) is 5.02 Å². The van der Waals surface area contributed by atoms with E-state index in [0.29, 0.717) is 23.9 Å². The van der Waals surface area contributed by atoms with Gasteiger partial charge in [-0.1, -0.05) is 11.6 Å². The fourth-order valence-corrected chi connectivity index (χ4v) is 1.47. The molecule has 6 nitrogen and oxygen atoms in total. The van der Waals surface area contributed by atoms with Gasteiger partial charge in [0.05, 0.1) is 17.8 Å². The molecule has 0 saturated heterocycles. The second-order valence-electron chi connectivity index (χ2n) is 3.25. The van der Waals surface area contributed by atoms with Crippen LogP contribution in [0.25, 0.3) is 0 Å². The molecule has 0 unspecified atom stereocenters. The maximum Gasteiger partial charge on any atom is 0.347 e. The Morgan fingerprint density at radius 1 is 1.44 bits per heavy atom. The lowest BCUT2D eigenvalue weighted by Crippen LogP contribution is -2.24. The Morgan fingerprint density at radius 3 is 2.94 bits per heavy atom. The predicted molar refractivity (Wildman–Crippen MR) is 60.1 cm³/mol. The number of nitrogens with two attached hydrogens (primary N) is 1. The number of aromatic nitrogens is 4. The van der Waals surface area contributed by atoms with Gasteiger partial charge in [0.1, 0.15) is 5.82 Å².